The Kier molecular flexibility index (Phi) is 6.43. The van der Waals surface area contributed by atoms with Gasteiger partial charge in [0, 0.05) is 24.3 Å². The van der Waals surface area contributed by atoms with Crippen molar-refractivity contribution in [2.75, 3.05) is 23.3 Å². The normalized spacial score (nSPS) is 17.6. The Balaban J connectivity index is 1.56. The topological polar surface area (TPSA) is 103 Å². The van der Waals surface area contributed by atoms with Crippen LogP contribution in [0.3, 0.4) is 0 Å². The second-order valence-electron chi connectivity index (χ2n) is 8.86. The number of nitrogens with one attached hydrogen (secondary N) is 2. The summed E-state index contributed by atoms with van der Waals surface area (Å²) in [5, 5.41) is 17.3. The minimum atomic E-state index is -1.07. The van der Waals surface area contributed by atoms with Crippen LogP contribution in [0.2, 0.25) is 0 Å². The lowest BCUT2D eigenvalue weighted by molar-refractivity contribution is 0.195. The van der Waals surface area contributed by atoms with Gasteiger partial charge in [0.2, 0.25) is 0 Å². The van der Waals surface area contributed by atoms with Crippen LogP contribution in [-0.4, -0.2) is 45.3 Å². The van der Waals surface area contributed by atoms with Crippen LogP contribution in [-0.2, 0) is 0 Å². The minimum absolute atomic E-state index is 0.0896. The molecule has 2 atom stereocenters. The third-order valence-corrected chi connectivity index (χ3v) is 6.24. The van der Waals surface area contributed by atoms with Crippen molar-refractivity contribution < 1.29 is 18.7 Å². The molecule has 2 aromatic heterocycles. The summed E-state index contributed by atoms with van der Waals surface area (Å²) in [4.78, 5) is 26.5. The van der Waals surface area contributed by atoms with E-state index in [2.05, 4.69) is 32.5 Å². The van der Waals surface area contributed by atoms with Crippen molar-refractivity contribution in [3.05, 3.63) is 72.7 Å². The van der Waals surface area contributed by atoms with Gasteiger partial charge < -0.3 is 15.7 Å². The van der Waals surface area contributed by atoms with Gasteiger partial charge >= 0.3 is 6.09 Å². The van der Waals surface area contributed by atoms with Crippen LogP contribution >= 0.6 is 0 Å². The van der Waals surface area contributed by atoms with Crippen LogP contribution in [0, 0.1) is 17.6 Å². The fraction of sp³-hybridized carbons (Fsp3) is 0.231. The van der Waals surface area contributed by atoms with Crippen molar-refractivity contribution in [3.63, 3.8) is 0 Å². The number of anilines is 3. The summed E-state index contributed by atoms with van der Waals surface area (Å²) >= 11 is 0. The first-order valence-corrected chi connectivity index (χ1v) is 11.6. The van der Waals surface area contributed by atoms with Crippen LogP contribution in [0.25, 0.3) is 22.3 Å². The summed E-state index contributed by atoms with van der Waals surface area (Å²) in [7, 11) is 0. The first kappa shape index (κ1) is 23.6. The number of carboxylic acid groups (broad SMARTS) is 1. The zero-order valence-electron chi connectivity index (χ0n) is 19.4. The van der Waals surface area contributed by atoms with E-state index in [9.17, 15) is 18.7 Å². The SMILES string of the molecule is CC1CNCC(N(C(=O)O)c2ccncc2Nc2cccc3cnc(-c4c(F)cccc4F)nc23)C1. The molecule has 0 spiro atoms. The van der Waals surface area contributed by atoms with Gasteiger partial charge in [-0.25, -0.2) is 23.5 Å². The molecule has 1 aliphatic heterocycles. The van der Waals surface area contributed by atoms with Crippen molar-refractivity contribution in [3.8, 4) is 11.4 Å². The fourth-order valence-corrected chi connectivity index (χ4v) is 4.61. The van der Waals surface area contributed by atoms with E-state index in [1.165, 1.54) is 17.2 Å². The van der Waals surface area contributed by atoms with E-state index in [1.807, 2.05) is 0 Å². The molecule has 8 nitrogen and oxygen atoms in total. The highest BCUT2D eigenvalue weighted by atomic mass is 19.1. The number of para-hydroxylation sites is 1. The van der Waals surface area contributed by atoms with Gasteiger partial charge in [-0.1, -0.05) is 25.1 Å². The highest BCUT2D eigenvalue weighted by Crippen LogP contribution is 2.34. The summed E-state index contributed by atoms with van der Waals surface area (Å²) in [6.45, 7) is 3.46. The Bertz CT molecular complexity index is 1410. The predicted octanol–water partition coefficient (Wildman–Crippen LogP) is 5.20. The Labute approximate surface area is 206 Å². The zero-order chi connectivity index (χ0) is 25.2. The largest absolute Gasteiger partial charge is 0.465 e. The third kappa shape index (κ3) is 4.55. The van der Waals surface area contributed by atoms with Gasteiger partial charge in [-0.2, -0.15) is 0 Å². The molecule has 0 saturated carbocycles. The van der Waals surface area contributed by atoms with Gasteiger partial charge in [-0.3, -0.25) is 9.88 Å². The van der Waals surface area contributed by atoms with E-state index in [1.54, 1.807) is 36.7 Å². The maximum absolute atomic E-state index is 14.4. The number of rotatable bonds is 5. The quantitative estimate of drug-likeness (QED) is 0.353. The highest BCUT2D eigenvalue weighted by Gasteiger charge is 2.31. The first-order valence-electron chi connectivity index (χ1n) is 11.6. The maximum Gasteiger partial charge on any atom is 0.412 e. The number of pyridine rings is 1. The molecule has 5 rings (SSSR count). The number of amides is 1. The van der Waals surface area contributed by atoms with E-state index in [4.69, 9.17) is 0 Å². The lowest BCUT2D eigenvalue weighted by Gasteiger charge is -2.36. The van der Waals surface area contributed by atoms with Crippen LogP contribution in [0.4, 0.5) is 30.6 Å². The number of hydrogen-bond acceptors (Lipinski definition) is 6. The number of aromatic nitrogens is 3. The molecule has 2 unspecified atom stereocenters. The van der Waals surface area contributed by atoms with Crippen molar-refractivity contribution in [2.24, 2.45) is 5.92 Å². The standard InChI is InChI=1S/C26H24F2N6O2/c1-15-10-17(13-30-11-15)34(26(35)36)22-8-9-29-14-21(22)32-20-7-2-4-16-12-31-25(33-24(16)20)23-18(27)5-3-6-19(23)28/h2-9,12,14-15,17,30,32H,10-11,13H2,1H3,(H,35,36). The van der Waals surface area contributed by atoms with Crippen molar-refractivity contribution >= 4 is 34.1 Å². The Hall–Kier alpha value is -4.18. The molecular formula is C26H24F2N6O2. The van der Waals surface area contributed by atoms with Gasteiger partial charge in [0.25, 0.3) is 0 Å². The molecule has 0 bridgehead atoms. The van der Waals surface area contributed by atoms with E-state index in [-0.39, 0.29) is 17.4 Å². The highest BCUT2D eigenvalue weighted by molar-refractivity contribution is 5.96. The van der Waals surface area contributed by atoms with E-state index >= 15 is 0 Å². The number of piperidine rings is 1. The molecule has 3 N–H and O–H groups in total. The molecular weight excluding hydrogens is 466 g/mol. The van der Waals surface area contributed by atoms with Crippen LogP contribution < -0.4 is 15.5 Å². The van der Waals surface area contributed by atoms with Gasteiger partial charge in [-0.15, -0.1) is 0 Å². The number of fused-ring (bicyclic) bond motifs is 1. The lowest BCUT2D eigenvalue weighted by atomic mass is 9.96. The predicted molar refractivity (Wildman–Crippen MR) is 133 cm³/mol. The molecule has 36 heavy (non-hydrogen) atoms. The summed E-state index contributed by atoms with van der Waals surface area (Å²) in [6, 6.07) is 10.3. The average molecular weight is 491 g/mol. The molecule has 3 heterocycles. The number of halogens is 2. The van der Waals surface area contributed by atoms with Gasteiger partial charge in [0.1, 0.15) is 11.6 Å². The molecule has 10 heteroatoms. The zero-order valence-corrected chi connectivity index (χ0v) is 19.4. The Morgan fingerprint density at radius 3 is 2.61 bits per heavy atom. The van der Waals surface area contributed by atoms with E-state index < -0.39 is 17.7 Å². The van der Waals surface area contributed by atoms with E-state index in [0.29, 0.717) is 40.4 Å². The smallest absolute Gasteiger partial charge is 0.412 e. The molecule has 1 aliphatic rings. The number of hydrogen-bond donors (Lipinski definition) is 3. The number of carbonyl (C=O) groups is 1. The minimum Gasteiger partial charge on any atom is -0.465 e. The molecule has 0 radical (unpaired) electrons. The van der Waals surface area contributed by atoms with E-state index in [0.717, 1.165) is 25.1 Å². The molecule has 1 amide bonds. The molecule has 4 aromatic rings. The second-order valence-corrected chi connectivity index (χ2v) is 8.86. The third-order valence-electron chi connectivity index (χ3n) is 6.24. The van der Waals surface area contributed by atoms with Gasteiger partial charge in [0.05, 0.1) is 40.4 Å². The summed E-state index contributed by atoms with van der Waals surface area (Å²) in [5.41, 5.74) is 1.54. The number of nitrogens with zero attached hydrogens (tertiary/aromatic N) is 4. The molecule has 1 saturated heterocycles. The Morgan fingerprint density at radius 1 is 1.08 bits per heavy atom. The molecule has 2 aromatic carbocycles. The van der Waals surface area contributed by atoms with Crippen molar-refractivity contribution in [1.82, 2.24) is 20.3 Å². The molecule has 1 fully saturated rings. The van der Waals surface area contributed by atoms with Crippen molar-refractivity contribution in [1.29, 1.82) is 0 Å². The number of benzene rings is 2. The fourth-order valence-electron chi connectivity index (χ4n) is 4.61. The summed E-state index contributed by atoms with van der Waals surface area (Å²) in [5.74, 6) is -1.28. The van der Waals surface area contributed by atoms with Gasteiger partial charge in [-0.05, 0) is 43.1 Å². The van der Waals surface area contributed by atoms with Crippen molar-refractivity contribution in [2.45, 2.75) is 19.4 Å². The Morgan fingerprint density at radius 2 is 1.86 bits per heavy atom. The molecule has 184 valence electrons. The maximum atomic E-state index is 14.4. The lowest BCUT2D eigenvalue weighted by Crippen LogP contribution is -2.51. The monoisotopic (exact) mass is 490 g/mol. The van der Waals surface area contributed by atoms with Crippen LogP contribution in [0.1, 0.15) is 13.3 Å². The van der Waals surface area contributed by atoms with Gasteiger partial charge in [0.15, 0.2) is 5.82 Å². The molecule has 0 aliphatic carbocycles. The summed E-state index contributed by atoms with van der Waals surface area (Å²) in [6.07, 6.45) is 4.24. The first-order chi connectivity index (χ1) is 17.4. The summed E-state index contributed by atoms with van der Waals surface area (Å²) < 4.78 is 28.8. The van der Waals surface area contributed by atoms with Crippen LogP contribution in [0.15, 0.2) is 61.1 Å². The average Bonchev–Trinajstić information content (AvgIpc) is 2.85. The second kappa shape index (κ2) is 9.82. The van der Waals surface area contributed by atoms with Crippen LogP contribution in [0.5, 0.6) is 0 Å².